The smallest absolute Gasteiger partial charge is 0.223 e. The fourth-order valence-corrected chi connectivity index (χ4v) is 1.63. The van der Waals surface area contributed by atoms with E-state index in [0.29, 0.717) is 11.8 Å². The SMILES string of the molecule is Cc1nc(CC2CCOCC2)no1. The highest BCUT2D eigenvalue weighted by atomic mass is 16.5. The van der Waals surface area contributed by atoms with Crippen LogP contribution in [0.2, 0.25) is 0 Å². The van der Waals surface area contributed by atoms with Gasteiger partial charge in [0.25, 0.3) is 0 Å². The van der Waals surface area contributed by atoms with E-state index in [4.69, 9.17) is 9.26 Å². The average molecular weight is 182 g/mol. The van der Waals surface area contributed by atoms with Gasteiger partial charge in [-0.3, -0.25) is 0 Å². The van der Waals surface area contributed by atoms with Gasteiger partial charge in [0.05, 0.1) is 0 Å². The van der Waals surface area contributed by atoms with Crippen LogP contribution in [0.25, 0.3) is 0 Å². The van der Waals surface area contributed by atoms with Gasteiger partial charge in [-0.05, 0) is 18.8 Å². The van der Waals surface area contributed by atoms with Crippen LogP contribution in [0, 0.1) is 12.8 Å². The fourth-order valence-electron chi connectivity index (χ4n) is 1.63. The molecule has 1 aliphatic rings. The molecule has 1 fully saturated rings. The Morgan fingerprint density at radius 1 is 1.38 bits per heavy atom. The Labute approximate surface area is 77.3 Å². The van der Waals surface area contributed by atoms with Crippen molar-refractivity contribution in [1.82, 2.24) is 10.1 Å². The Morgan fingerprint density at radius 2 is 2.15 bits per heavy atom. The molecule has 4 heteroatoms. The molecule has 0 bridgehead atoms. The molecular formula is C9H14N2O2. The fraction of sp³-hybridized carbons (Fsp3) is 0.778. The molecule has 0 aromatic carbocycles. The number of aryl methyl sites for hydroxylation is 1. The lowest BCUT2D eigenvalue weighted by Crippen LogP contribution is -2.18. The van der Waals surface area contributed by atoms with E-state index in [2.05, 4.69) is 10.1 Å². The molecule has 1 aliphatic heterocycles. The van der Waals surface area contributed by atoms with Gasteiger partial charge >= 0.3 is 0 Å². The molecule has 0 unspecified atom stereocenters. The van der Waals surface area contributed by atoms with Crippen LogP contribution in [-0.2, 0) is 11.2 Å². The Kier molecular flexibility index (Phi) is 2.59. The molecule has 4 nitrogen and oxygen atoms in total. The number of aromatic nitrogens is 2. The standard InChI is InChI=1S/C9H14N2O2/c1-7-10-9(11-13-7)6-8-2-4-12-5-3-8/h8H,2-6H2,1H3. The van der Waals surface area contributed by atoms with E-state index in [1.165, 1.54) is 0 Å². The number of rotatable bonds is 2. The van der Waals surface area contributed by atoms with Crippen LogP contribution in [-0.4, -0.2) is 23.4 Å². The van der Waals surface area contributed by atoms with E-state index < -0.39 is 0 Å². The first-order valence-electron chi connectivity index (χ1n) is 4.71. The van der Waals surface area contributed by atoms with Crippen LogP contribution in [0.1, 0.15) is 24.6 Å². The molecule has 2 heterocycles. The Bertz CT molecular complexity index is 266. The monoisotopic (exact) mass is 182 g/mol. The zero-order valence-electron chi connectivity index (χ0n) is 7.82. The quantitative estimate of drug-likeness (QED) is 0.692. The first-order chi connectivity index (χ1) is 6.34. The lowest BCUT2D eigenvalue weighted by molar-refractivity contribution is 0.0658. The third kappa shape index (κ3) is 2.28. The predicted octanol–water partition coefficient (Wildman–Crippen LogP) is 1.35. The van der Waals surface area contributed by atoms with E-state index in [-0.39, 0.29) is 0 Å². The van der Waals surface area contributed by atoms with Gasteiger partial charge in [-0.1, -0.05) is 5.16 Å². The molecule has 0 atom stereocenters. The summed E-state index contributed by atoms with van der Waals surface area (Å²) < 4.78 is 10.2. The molecule has 0 radical (unpaired) electrons. The number of nitrogens with zero attached hydrogens (tertiary/aromatic N) is 2. The van der Waals surface area contributed by atoms with Gasteiger partial charge < -0.3 is 9.26 Å². The van der Waals surface area contributed by atoms with Gasteiger partial charge in [-0.15, -0.1) is 0 Å². The van der Waals surface area contributed by atoms with Gasteiger partial charge in [0.1, 0.15) is 0 Å². The van der Waals surface area contributed by atoms with E-state index in [1.54, 1.807) is 0 Å². The summed E-state index contributed by atoms with van der Waals surface area (Å²) in [7, 11) is 0. The van der Waals surface area contributed by atoms with Crippen LogP contribution in [0.15, 0.2) is 4.52 Å². The largest absolute Gasteiger partial charge is 0.381 e. The second-order valence-corrected chi connectivity index (χ2v) is 3.49. The zero-order valence-corrected chi connectivity index (χ0v) is 7.82. The summed E-state index contributed by atoms with van der Waals surface area (Å²) in [6, 6.07) is 0. The number of hydrogen-bond donors (Lipinski definition) is 0. The van der Waals surface area contributed by atoms with E-state index in [0.717, 1.165) is 38.3 Å². The highest BCUT2D eigenvalue weighted by Crippen LogP contribution is 2.18. The maximum absolute atomic E-state index is 5.28. The van der Waals surface area contributed by atoms with Gasteiger partial charge in [0.2, 0.25) is 5.89 Å². The lowest BCUT2D eigenvalue weighted by Gasteiger charge is -2.20. The molecule has 0 spiro atoms. The Morgan fingerprint density at radius 3 is 2.77 bits per heavy atom. The number of ether oxygens (including phenoxy) is 1. The molecule has 0 N–H and O–H groups in total. The van der Waals surface area contributed by atoms with E-state index in [1.807, 2.05) is 6.92 Å². The molecule has 1 aromatic heterocycles. The van der Waals surface area contributed by atoms with Gasteiger partial charge in [0.15, 0.2) is 5.82 Å². The van der Waals surface area contributed by atoms with Crippen LogP contribution < -0.4 is 0 Å². The summed E-state index contributed by atoms with van der Waals surface area (Å²) in [4.78, 5) is 4.19. The first kappa shape index (κ1) is 8.69. The third-order valence-electron chi connectivity index (χ3n) is 2.38. The topological polar surface area (TPSA) is 48.2 Å². The molecule has 0 saturated carbocycles. The van der Waals surface area contributed by atoms with Crippen LogP contribution in [0.3, 0.4) is 0 Å². The van der Waals surface area contributed by atoms with Crippen molar-refractivity contribution in [3.63, 3.8) is 0 Å². The maximum atomic E-state index is 5.28. The van der Waals surface area contributed by atoms with Gasteiger partial charge in [-0.2, -0.15) is 4.98 Å². The number of hydrogen-bond acceptors (Lipinski definition) is 4. The molecule has 0 aliphatic carbocycles. The van der Waals surface area contributed by atoms with Crippen LogP contribution in [0.5, 0.6) is 0 Å². The highest BCUT2D eigenvalue weighted by Gasteiger charge is 2.16. The summed E-state index contributed by atoms with van der Waals surface area (Å²) in [5, 5.41) is 3.88. The van der Waals surface area contributed by atoms with Crippen molar-refractivity contribution >= 4 is 0 Å². The second kappa shape index (κ2) is 3.87. The summed E-state index contributed by atoms with van der Waals surface area (Å²) in [6.45, 7) is 3.57. The van der Waals surface area contributed by atoms with Crippen molar-refractivity contribution in [2.45, 2.75) is 26.2 Å². The summed E-state index contributed by atoms with van der Waals surface area (Å²) in [5.41, 5.74) is 0. The van der Waals surface area contributed by atoms with Gasteiger partial charge in [-0.25, -0.2) is 0 Å². The van der Waals surface area contributed by atoms with Crippen molar-refractivity contribution in [3.05, 3.63) is 11.7 Å². The molecule has 1 aromatic rings. The van der Waals surface area contributed by atoms with Crippen molar-refractivity contribution < 1.29 is 9.26 Å². The molecule has 13 heavy (non-hydrogen) atoms. The molecule has 0 amide bonds. The average Bonchev–Trinajstić information content (AvgIpc) is 2.53. The summed E-state index contributed by atoms with van der Waals surface area (Å²) in [5.74, 6) is 2.16. The maximum Gasteiger partial charge on any atom is 0.223 e. The third-order valence-corrected chi connectivity index (χ3v) is 2.38. The van der Waals surface area contributed by atoms with Crippen molar-refractivity contribution in [3.8, 4) is 0 Å². The normalized spacial score (nSPS) is 19.2. The van der Waals surface area contributed by atoms with Gasteiger partial charge in [0, 0.05) is 26.6 Å². The summed E-state index contributed by atoms with van der Waals surface area (Å²) in [6.07, 6.45) is 3.17. The molecular weight excluding hydrogens is 168 g/mol. The molecule has 72 valence electrons. The molecule has 2 rings (SSSR count). The predicted molar refractivity (Wildman–Crippen MR) is 46.3 cm³/mol. The highest BCUT2D eigenvalue weighted by molar-refractivity contribution is 4.86. The minimum atomic E-state index is 0.655. The minimum Gasteiger partial charge on any atom is -0.381 e. The molecule has 1 saturated heterocycles. The first-order valence-corrected chi connectivity index (χ1v) is 4.71. The van der Waals surface area contributed by atoms with Crippen molar-refractivity contribution in [1.29, 1.82) is 0 Å². The summed E-state index contributed by atoms with van der Waals surface area (Å²) >= 11 is 0. The Balaban J connectivity index is 1.89. The Hall–Kier alpha value is -0.900. The second-order valence-electron chi connectivity index (χ2n) is 3.49. The van der Waals surface area contributed by atoms with E-state index in [9.17, 15) is 0 Å². The van der Waals surface area contributed by atoms with Crippen molar-refractivity contribution in [2.75, 3.05) is 13.2 Å². The van der Waals surface area contributed by atoms with Crippen LogP contribution in [0.4, 0.5) is 0 Å². The van der Waals surface area contributed by atoms with Crippen molar-refractivity contribution in [2.24, 2.45) is 5.92 Å². The lowest BCUT2D eigenvalue weighted by atomic mass is 9.96. The van der Waals surface area contributed by atoms with E-state index >= 15 is 0 Å². The zero-order chi connectivity index (χ0) is 9.10. The van der Waals surface area contributed by atoms with Crippen LogP contribution >= 0.6 is 0 Å². The minimum absolute atomic E-state index is 0.655.